The van der Waals surface area contributed by atoms with Crippen LogP contribution in [-0.4, -0.2) is 17.1 Å². The predicted molar refractivity (Wildman–Crippen MR) is 117 cm³/mol. The SMILES string of the molecule is COc1ccc(-c2nc(-c3ccccc3)c(-c3ccc(Br)cc3)[nH]2)cc1Br. The van der Waals surface area contributed by atoms with Crippen LogP contribution >= 0.6 is 31.9 Å². The molecule has 5 heteroatoms. The van der Waals surface area contributed by atoms with Crippen LogP contribution in [-0.2, 0) is 0 Å². The van der Waals surface area contributed by atoms with Gasteiger partial charge in [-0.15, -0.1) is 0 Å². The number of benzene rings is 3. The second-order valence-electron chi connectivity index (χ2n) is 6.03. The maximum atomic E-state index is 5.33. The van der Waals surface area contributed by atoms with Crippen molar-refractivity contribution in [3.63, 3.8) is 0 Å². The van der Waals surface area contributed by atoms with Crippen molar-refractivity contribution < 1.29 is 4.74 Å². The minimum Gasteiger partial charge on any atom is -0.496 e. The highest BCUT2D eigenvalue weighted by Crippen LogP contribution is 2.35. The fourth-order valence-corrected chi connectivity index (χ4v) is 3.76. The molecule has 0 aliphatic rings. The zero-order chi connectivity index (χ0) is 18.8. The van der Waals surface area contributed by atoms with Crippen molar-refractivity contribution in [3.8, 4) is 39.7 Å². The van der Waals surface area contributed by atoms with Gasteiger partial charge in [0.25, 0.3) is 0 Å². The molecule has 3 aromatic carbocycles. The van der Waals surface area contributed by atoms with Crippen molar-refractivity contribution in [1.29, 1.82) is 0 Å². The molecule has 4 rings (SSSR count). The predicted octanol–water partition coefficient (Wildman–Crippen LogP) is 6.94. The molecule has 0 saturated carbocycles. The van der Waals surface area contributed by atoms with Crippen LogP contribution < -0.4 is 4.74 Å². The lowest BCUT2D eigenvalue weighted by Crippen LogP contribution is -1.86. The number of nitrogens with one attached hydrogen (secondary N) is 1. The van der Waals surface area contributed by atoms with Gasteiger partial charge in [0, 0.05) is 21.2 Å². The lowest BCUT2D eigenvalue weighted by atomic mass is 10.1. The molecule has 0 saturated heterocycles. The van der Waals surface area contributed by atoms with E-state index in [1.807, 2.05) is 48.5 Å². The summed E-state index contributed by atoms with van der Waals surface area (Å²) >= 11 is 7.06. The van der Waals surface area contributed by atoms with Crippen molar-refractivity contribution in [3.05, 3.63) is 81.7 Å². The molecule has 134 valence electrons. The van der Waals surface area contributed by atoms with Gasteiger partial charge in [-0.05, 0) is 46.3 Å². The second kappa shape index (κ2) is 7.71. The van der Waals surface area contributed by atoms with Crippen molar-refractivity contribution in [2.75, 3.05) is 7.11 Å². The van der Waals surface area contributed by atoms with E-state index in [0.29, 0.717) is 0 Å². The third-order valence-corrected chi connectivity index (χ3v) is 5.46. The van der Waals surface area contributed by atoms with Crippen LogP contribution in [0.3, 0.4) is 0 Å². The van der Waals surface area contributed by atoms with Gasteiger partial charge < -0.3 is 9.72 Å². The van der Waals surface area contributed by atoms with Crippen LogP contribution in [0.1, 0.15) is 0 Å². The van der Waals surface area contributed by atoms with E-state index in [1.165, 1.54) is 0 Å². The third-order valence-electron chi connectivity index (χ3n) is 4.31. The fourth-order valence-electron chi connectivity index (χ4n) is 2.95. The van der Waals surface area contributed by atoms with Gasteiger partial charge in [-0.25, -0.2) is 4.98 Å². The van der Waals surface area contributed by atoms with E-state index in [2.05, 4.69) is 61.1 Å². The molecule has 4 aromatic rings. The summed E-state index contributed by atoms with van der Waals surface area (Å²) in [6, 6.07) is 24.4. The molecule has 0 fully saturated rings. The molecule has 0 aliphatic heterocycles. The molecule has 1 heterocycles. The van der Waals surface area contributed by atoms with Crippen molar-refractivity contribution >= 4 is 31.9 Å². The van der Waals surface area contributed by atoms with Crippen molar-refractivity contribution in [1.82, 2.24) is 9.97 Å². The third kappa shape index (κ3) is 3.70. The van der Waals surface area contributed by atoms with Crippen molar-refractivity contribution in [2.45, 2.75) is 0 Å². The first-order valence-corrected chi connectivity index (χ1v) is 9.99. The van der Waals surface area contributed by atoms with Gasteiger partial charge in [0.2, 0.25) is 0 Å². The standard InChI is InChI=1S/C22H16Br2N2O/c1-27-19-12-9-16(13-18(19)24)22-25-20(14-5-3-2-4-6-14)21(26-22)15-7-10-17(23)11-8-15/h2-13H,1H3,(H,25,26). The van der Waals surface area contributed by atoms with E-state index in [4.69, 9.17) is 9.72 Å². The molecular formula is C22H16Br2N2O. The quantitative estimate of drug-likeness (QED) is 0.341. The summed E-state index contributed by atoms with van der Waals surface area (Å²) in [4.78, 5) is 8.43. The lowest BCUT2D eigenvalue weighted by Gasteiger charge is -2.04. The maximum Gasteiger partial charge on any atom is 0.138 e. The minimum atomic E-state index is 0.793. The Kier molecular flexibility index (Phi) is 5.14. The number of hydrogen-bond acceptors (Lipinski definition) is 2. The smallest absolute Gasteiger partial charge is 0.138 e. The van der Waals surface area contributed by atoms with Crippen LogP contribution in [0.2, 0.25) is 0 Å². The number of H-pyrrole nitrogens is 1. The van der Waals surface area contributed by atoms with Gasteiger partial charge in [-0.2, -0.15) is 0 Å². The summed E-state index contributed by atoms with van der Waals surface area (Å²) in [6.07, 6.45) is 0. The normalized spacial score (nSPS) is 10.8. The number of ether oxygens (including phenoxy) is 1. The zero-order valence-electron chi connectivity index (χ0n) is 14.5. The molecular weight excluding hydrogens is 468 g/mol. The molecule has 3 nitrogen and oxygen atoms in total. The Balaban J connectivity index is 1.87. The molecule has 0 bridgehead atoms. The molecule has 1 aromatic heterocycles. The molecule has 0 spiro atoms. The molecule has 27 heavy (non-hydrogen) atoms. The average molecular weight is 484 g/mol. The summed E-state index contributed by atoms with van der Waals surface area (Å²) in [5.41, 5.74) is 5.08. The number of aromatic amines is 1. The second-order valence-corrected chi connectivity index (χ2v) is 7.80. The lowest BCUT2D eigenvalue weighted by molar-refractivity contribution is 0.412. The van der Waals surface area contributed by atoms with Gasteiger partial charge in [0.05, 0.1) is 23.0 Å². The molecule has 1 N–H and O–H groups in total. The van der Waals surface area contributed by atoms with E-state index in [1.54, 1.807) is 7.11 Å². The summed E-state index contributed by atoms with van der Waals surface area (Å²) in [6.45, 7) is 0. The van der Waals surface area contributed by atoms with Crippen LogP contribution in [0.25, 0.3) is 33.9 Å². The monoisotopic (exact) mass is 482 g/mol. The Morgan fingerprint density at radius 1 is 0.815 bits per heavy atom. The van der Waals surface area contributed by atoms with Crippen LogP contribution in [0.15, 0.2) is 81.7 Å². The van der Waals surface area contributed by atoms with E-state index in [9.17, 15) is 0 Å². The molecule has 0 atom stereocenters. The number of rotatable bonds is 4. The number of halogens is 2. The number of imidazole rings is 1. The van der Waals surface area contributed by atoms with Gasteiger partial charge in [-0.1, -0.05) is 58.4 Å². The summed E-state index contributed by atoms with van der Waals surface area (Å²) in [7, 11) is 1.66. The minimum absolute atomic E-state index is 0.793. The summed E-state index contributed by atoms with van der Waals surface area (Å²) < 4.78 is 7.27. The summed E-state index contributed by atoms with van der Waals surface area (Å²) in [5.74, 6) is 1.61. The van der Waals surface area contributed by atoms with Gasteiger partial charge in [-0.3, -0.25) is 0 Å². The number of nitrogens with zero attached hydrogens (tertiary/aromatic N) is 1. The first kappa shape index (κ1) is 18.0. The highest BCUT2D eigenvalue weighted by atomic mass is 79.9. The fraction of sp³-hybridized carbons (Fsp3) is 0.0455. The van der Waals surface area contributed by atoms with Crippen molar-refractivity contribution in [2.24, 2.45) is 0 Å². The molecule has 0 radical (unpaired) electrons. The van der Waals surface area contributed by atoms with Crippen LogP contribution in [0.4, 0.5) is 0 Å². The topological polar surface area (TPSA) is 37.9 Å². The van der Waals surface area contributed by atoms with Gasteiger partial charge in [0.1, 0.15) is 11.6 Å². The Hall–Kier alpha value is -2.37. The first-order valence-electron chi connectivity index (χ1n) is 8.41. The first-order chi connectivity index (χ1) is 13.2. The highest BCUT2D eigenvalue weighted by molar-refractivity contribution is 9.10. The number of hydrogen-bond donors (Lipinski definition) is 1. The van der Waals surface area contributed by atoms with Gasteiger partial charge in [0.15, 0.2) is 0 Å². The Labute approximate surface area is 174 Å². The Morgan fingerprint density at radius 2 is 1.52 bits per heavy atom. The Morgan fingerprint density at radius 3 is 2.19 bits per heavy atom. The van der Waals surface area contributed by atoms with E-state index < -0.39 is 0 Å². The summed E-state index contributed by atoms with van der Waals surface area (Å²) in [5, 5.41) is 0. The zero-order valence-corrected chi connectivity index (χ0v) is 17.7. The van der Waals surface area contributed by atoms with E-state index in [-0.39, 0.29) is 0 Å². The molecule has 0 amide bonds. The average Bonchev–Trinajstić information content (AvgIpc) is 3.14. The van der Waals surface area contributed by atoms with Crippen LogP contribution in [0, 0.1) is 0 Å². The Bertz CT molecular complexity index is 1070. The largest absolute Gasteiger partial charge is 0.496 e. The van der Waals surface area contributed by atoms with E-state index >= 15 is 0 Å². The highest BCUT2D eigenvalue weighted by Gasteiger charge is 2.16. The van der Waals surface area contributed by atoms with Crippen LogP contribution in [0.5, 0.6) is 5.75 Å². The molecule has 0 unspecified atom stereocenters. The van der Waals surface area contributed by atoms with E-state index in [0.717, 1.165) is 48.6 Å². The maximum absolute atomic E-state index is 5.33. The number of aromatic nitrogens is 2. The molecule has 0 aliphatic carbocycles. The number of methoxy groups -OCH3 is 1. The van der Waals surface area contributed by atoms with Gasteiger partial charge >= 0.3 is 0 Å².